The maximum absolute atomic E-state index is 12.9. The monoisotopic (exact) mass is 380 g/mol. The van der Waals surface area contributed by atoms with Crippen LogP contribution in [0.2, 0.25) is 0 Å². The van der Waals surface area contributed by atoms with E-state index in [0.717, 1.165) is 10.5 Å². The summed E-state index contributed by atoms with van der Waals surface area (Å²) in [5.74, 6) is -0.0519. The molecule has 2 aliphatic heterocycles. The SMILES string of the molecule is C[C@H](C(=O)NC(C)(C)c1ccc2c(c1)OCO2)N1C(=O)c2ccccc2C1=O. The number of ether oxygens (including phenoxy) is 2. The number of amides is 3. The van der Waals surface area contributed by atoms with Crippen LogP contribution in [0.1, 0.15) is 47.1 Å². The molecule has 4 rings (SSSR count). The molecule has 2 aromatic rings. The van der Waals surface area contributed by atoms with Crippen molar-refractivity contribution in [3.05, 3.63) is 59.2 Å². The molecule has 2 aliphatic rings. The second-order valence-electron chi connectivity index (χ2n) is 7.38. The van der Waals surface area contributed by atoms with Crippen molar-refractivity contribution in [1.29, 1.82) is 0 Å². The smallest absolute Gasteiger partial charge is 0.262 e. The molecule has 0 spiro atoms. The molecule has 2 aromatic carbocycles. The number of carbonyl (C=O) groups excluding carboxylic acids is 3. The molecule has 0 saturated heterocycles. The lowest BCUT2D eigenvalue weighted by molar-refractivity contribution is -0.126. The van der Waals surface area contributed by atoms with Crippen molar-refractivity contribution in [3.63, 3.8) is 0 Å². The summed E-state index contributed by atoms with van der Waals surface area (Å²) in [4.78, 5) is 39.1. The van der Waals surface area contributed by atoms with E-state index in [0.29, 0.717) is 22.6 Å². The van der Waals surface area contributed by atoms with Gasteiger partial charge in [0.05, 0.1) is 16.7 Å². The topological polar surface area (TPSA) is 84.9 Å². The highest BCUT2D eigenvalue weighted by Gasteiger charge is 2.41. The fourth-order valence-corrected chi connectivity index (χ4v) is 3.45. The van der Waals surface area contributed by atoms with Crippen molar-refractivity contribution in [1.82, 2.24) is 10.2 Å². The van der Waals surface area contributed by atoms with E-state index >= 15 is 0 Å². The molecular weight excluding hydrogens is 360 g/mol. The van der Waals surface area contributed by atoms with Crippen molar-refractivity contribution >= 4 is 17.7 Å². The first-order valence-electron chi connectivity index (χ1n) is 8.98. The van der Waals surface area contributed by atoms with Gasteiger partial charge in [0.1, 0.15) is 6.04 Å². The second kappa shape index (κ2) is 6.37. The first-order valence-corrected chi connectivity index (χ1v) is 8.98. The molecule has 0 bridgehead atoms. The van der Waals surface area contributed by atoms with Gasteiger partial charge in [0, 0.05) is 0 Å². The van der Waals surface area contributed by atoms with Crippen LogP contribution in [0.4, 0.5) is 0 Å². The van der Waals surface area contributed by atoms with Gasteiger partial charge in [0.25, 0.3) is 11.8 Å². The molecule has 0 aromatic heterocycles. The summed E-state index contributed by atoms with van der Waals surface area (Å²) in [6.07, 6.45) is 0. The predicted octanol–water partition coefficient (Wildman–Crippen LogP) is 2.45. The fraction of sp³-hybridized carbons (Fsp3) is 0.286. The van der Waals surface area contributed by atoms with Crippen molar-refractivity contribution in [2.75, 3.05) is 6.79 Å². The largest absolute Gasteiger partial charge is 0.454 e. The van der Waals surface area contributed by atoms with Gasteiger partial charge < -0.3 is 14.8 Å². The summed E-state index contributed by atoms with van der Waals surface area (Å²) in [5, 5.41) is 2.93. The van der Waals surface area contributed by atoms with Gasteiger partial charge in [-0.05, 0) is 50.6 Å². The van der Waals surface area contributed by atoms with Gasteiger partial charge in [0.15, 0.2) is 11.5 Å². The molecule has 3 amide bonds. The number of hydrogen-bond donors (Lipinski definition) is 1. The number of nitrogens with one attached hydrogen (secondary N) is 1. The third kappa shape index (κ3) is 2.79. The zero-order valence-electron chi connectivity index (χ0n) is 15.8. The molecule has 0 radical (unpaired) electrons. The number of fused-ring (bicyclic) bond motifs is 2. The summed E-state index contributed by atoms with van der Waals surface area (Å²) in [6, 6.07) is 11.1. The Kier molecular flexibility index (Phi) is 4.10. The summed E-state index contributed by atoms with van der Waals surface area (Å²) in [6.45, 7) is 5.41. The normalized spacial score (nSPS) is 16.2. The van der Waals surface area contributed by atoms with Gasteiger partial charge in [0.2, 0.25) is 12.7 Å². The average Bonchev–Trinajstić information content (AvgIpc) is 3.24. The van der Waals surface area contributed by atoms with Gasteiger partial charge in [-0.1, -0.05) is 18.2 Å². The minimum atomic E-state index is -0.944. The number of rotatable bonds is 4. The molecule has 1 atom stereocenters. The molecule has 1 N–H and O–H groups in total. The van der Waals surface area contributed by atoms with Gasteiger partial charge in [-0.25, -0.2) is 0 Å². The van der Waals surface area contributed by atoms with Crippen molar-refractivity contribution < 1.29 is 23.9 Å². The van der Waals surface area contributed by atoms with Crippen LogP contribution in [-0.2, 0) is 10.3 Å². The highest BCUT2D eigenvalue weighted by molar-refractivity contribution is 6.22. The van der Waals surface area contributed by atoms with Gasteiger partial charge in [-0.2, -0.15) is 0 Å². The second-order valence-corrected chi connectivity index (χ2v) is 7.38. The van der Waals surface area contributed by atoms with E-state index in [1.165, 1.54) is 0 Å². The number of benzene rings is 2. The average molecular weight is 380 g/mol. The summed E-state index contributed by atoms with van der Waals surface area (Å²) >= 11 is 0. The molecule has 0 aliphatic carbocycles. The van der Waals surface area contributed by atoms with Gasteiger partial charge >= 0.3 is 0 Å². The van der Waals surface area contributed by atoms with Crippen molar-refractivity contribution in [3.8, 4) is 11.5 Å². The maximum Gasteiger partial charge on any atom is 0.262 e. The molecule has 144 valence electrons. The number of nitrogens with zero attached hydrogens (tertiary/aromatic N) is 1. The van der Waals surface area contributed by atoms with Crippen LogP contribution in [0.15, 0.2) is 42.5 Å². The van der Waals surface area contributed by atoms with E-state index in [4.69, 9.17) is 9.47 Å². The lowest BCUT2D eigenvalue weighted by atomic mass is 9.93. The van der Waals surface area contributed by atoms with E-state index in [9.17, 15) is 14.4 Å². The summed E-state index contributed by atoms with van der Waals surface area (Å²) in [5.41, 5.74) is 0.717. The lowest BCUT2D eigenvalue weighted by Gasteiger charge is -2.30. The Bertz CT molecular complexity index is 963. The maximum atomic E-state index is 12.9. The third-order valence-corrected chi connectivity index (χ3v) is 5.12. The minimum Gasteiger partial charge on any atom is -0.454 e. The first-order chi connectivity index (χ1) is 13.3. The standard InChI is InChI=1S/C21H20N2O5/c1-12(23-19(25)14-6-4-5-7-15(14)20(23)26)18(24)22-21(2,3)13-8-9-16-17(10-13)28-11-27-16/h4-10,12H,11H2,1-3H3,(H,22,24)/t12-/m1/s1. The third-order valence-electron chi connectivity index (χ3n) is 5.12. The van der Waals surface area contributed by atoms with Crippen LogP contribution in [0.25, 0.3) is 0 Å². The van der Waals surface area contributed by atoms with E-state index < -0.39 is 29.3 Å². The minimum absolute atomic E-state index is 0.169. The molecule has 0 fully saturated rings. The van der Waals surface area contributed by atoms with Crippen molar-refractivity contribution in [2.24, 2.45) is 0 Å². The van der Waals surface area contributed by atoms with E-state index in [1.807, 2.05) is 26.0 Å². The van der Waals surface area contributed by atoms with E-state index in [-0.39, 0.29) is 6.79 Å². The zero-order chi connectivity index (χ0) is 20.1. The zero-order valence-corrected chi connectivity index (χ0v) is 15.8. The molecule has 28 heavy (non-hydrogen) atoms. The molecule has 0 unspecified atom stereocenters. The van der Waals surface area contributed by atoms with E-state index in [1.54, 1.807) is 37.3 Å². The first kappa shape index (κ1) is 18.0. The molecule has 7 nitrogen and oxygen atoms in total. The number of imide groups is 1. The number of carbonyl (C=O) groups is 3. The van der Waals surface area contributed by atoms with Crippen LogP contribution in [-0.4, -0.2) is 35.5 Å². The predicted molar refractivity (Wildman–Crippen MR) is 100 cm³/mol. The molecule has 2 heterocycles. The summed E-state index contributed by atoms with van der Waals surface area (Å²) in [7, 11) is 0. The van der Waals surface area contributed by atoms with Crippen LogP contribution in [0.5, 0.6) is 11.5 Å². The lowest BCUT2D eigenvalue weighted by Crippen LogP contribution is -2.52. The van der Waals surface area contributed by atoms with Crippen molar-refractivity contribution in [2.45, 2.75) is 32.4 Å². The Morgan fingerprint density at radius 1 is 1.04 bits per heavy atom. The molecular formula is C21H20N2O5. The Hall–Kier alpha value is -3.35. The Morgan fingerprint density at radius 2 is 1.64 bits per heavy atom. The Labute approximate surface area is 162 Å². The van der Waals surface area contributed by atoms with Crippen LogP contribution in [0.3, 0.4) is 0 Å². The highest BCUT2D eigenvalue weighted by atomic mass is 16.7. The Balaban J connectivity index is 1.53. The molecule has 7 heteroatoms. The van der Waals surface area contributed by atoms with Crippen LogP contribution >= 0.6 is 0 Å². The van der Waals surface area contributed by atoms with Crippen LogP contribution < -0.4 is 14.8 Å². The van der Waals surface area contributed by atoms with Gasteiger partial charge in [-0.3, -0.25) is 19.3 Å². The van der Waals surface area contributed by atoms with Crippen LogP contribution in [0, 0.1) is 0 Å². The van der Waals surface area contributed by atoms with E-state index in [2.05, 4.69) is 5.32 Å². The number of hydrogen-bond acceptors (Lipinski definition) is 5. The summed E-state index contributed by atoms with van der Waals surface area (Å²) < 4.78 is 10.7. The van der Waals surface area contributed by atoms with Gasteiger partial charge in [-0.15, -0.1) is 0 Å². The Morgan fingerprint density at radius 3 is 2.29 bits per heavy atom. The highest BCUT2D eigenvalue weighted by Crippen LogP contribution is 2.35. The molecule has 0 saturated carbocycles. The fourth-order valence-electron chi connectivity index (χ4n) is 3.45. The quantitative estimate of drug-likeness (QED) is 0.824.